The number of hydrogen-bond acceptors (Lipinski definition) is 2. The van der Waals surface area contributed by atoms with Crippen LogP contribution >= 0.6 is 0 Å². The van der Waals surface area contributed by atoms with Crippen LogP contribution in [0.25, 0.3) is 11.1 Å². The van der Waals surface area contributed by atoms with Gasteiger partial charge in [0.25, 0.3) is 0 Å². The fourth-order valence-corrected chi connectivity index (χ4v) is 2.33. The molecule has 20 heavy (non-hydrogen) atoms. The third-order valence-corrected chi connectivity index (χ3v) is 3.41. The van der Waals surface area contributed by atoms with E-state index in [0.29, 0.717) is 6.04 Å². The summed E-state index contributed by atoms with van der Waals surface area (Å²) in [5.41, 5.74) is 3.75. The highest BCUT2D eigenvalue weighted by Crippen LogP contribution is 2.19. The summed E-state index contributed by atoms with van der Waals surface area (Å²) < 4.78 is 0. The van der Waals surface area contributed by atoms with E-state index in [1.807, 2.05) is 13.0 Å². The number of hydrogen-bond donors (Lipinski definition) is 2. The minimum Gasteiger partial charge on any atom is -0.393 e. The minimum absolute atomic E-state index is 0.252. The molecule has 2 unspecified atom stereocenters. The lowest BCUT2D eigenvalue weighted by Gasteiger charge is -2.15. The third-order valence-electron chi connectivity index (χ3n) is 3.41. The summed E-state index contributed by atoms with van der Waals surface area (Å²) >= 11 is 0. The molecule has 0 bridgehead atoms. The van der Waals surface area contributed by atoms with Crippen LogP contribution in [0.3, 0.4) is 0 Å². The van der Waals surface area contributed by atoms with Crippen molar-refractivity contribution in [2.24, 2.45) is 0 Å². The Morgan fingerprint density at radius 1 is 0.900 bits per heavy atom. The van der Waals surface area contributed by atoms with Crippen LogP contribution in [0.2, 0.25) is 0 Å². The highest BCUT2D eigenvalue weighted by molar-refractivity contribution is 5.63. The summed E-state index contributed by atoms with van der Waals surface area (Å²) in [6, 6.07) is 19.3. The summed E-state index contributed by atoms with van der Waals surface area (Å²) in [5, 5.41) is 12.8. The summed E-state index contributed by atoms with van der Waals surface area (Å²) in [4.78, 5) is 0. The van der Waals surface area contributed by atoms with Gasteiger partial charge in [-0.05, 0) is 37.0 Å². The van der Waals surface area contributed by atoms with E-state index in [1.54, 1.807) is 0 Å². The second-order valence-electron chi connectivity index (χ2n) is 5.43. The molecular weight excluding hydrogens is 246 g/mol. The first-order chi connectivity index (χ1) is 9.65. The standard InChI is InChI=1S/C18H23NO/c1-14(12-15(2)20)19-13-16-8-10-18(11-9-16)17-6-4-3-5-7-17/h3-11,14-15,19-20H,12-13H2,1-2H3. The largest absolute Gasteiger partial charge is 0.393 e. The predicted octanol–water partition coefficient (Wildman–Crippen LogP) is 3.60. The average Bonchev–Trinajstić information content (AvgIpc) is 2.46. The molecule has 106 valence electrons. The second-order valence-corrected chi connectivity index (χ2v) is 5.43. The zero-order chi connectivity index (χ0) is 14.4. The van der Waals surface area contributed by atoms with Gasteiger partial charge in [0.1, 0.15) is 0 Å². The molecule has 0 amide bonds. The van der Waals surface area contributed by atoms with E-state index in [9.17, 15) is 5.11 Å². The molecule has 2 aromatic rings. The Balaban J connectivity index is 1.92. The van der Waals surface area contributed by atoms with Crippen LogP contribution in [-0.4, -0.2) is 17.3 Å². The summed E-state index contributed by atoms with van der Waals surface area (Å²) in [7, 11) is 0. The molecule has 0 spiro atoms. The van der Waals surface area contributed by atoms with Crippen LogP contribution in [0.15, 0.2) is 54.6 Å². The fourth-order valence-electron chi connectivity index (χ4n) is 2.33. The lowest BCUT2D eigenvalue weighted by Crippen LogP contribution is -2.28. The highest BCUT2D eigenvalue weighted by atomic mass is 16.3. The van der Waals surface area contributed by atoms with Crippen molar-refractivity contribution in [3.05, 3.63) is 60.2 Å². The molecule has 2 aromatic carbocycles. The van der Waals surface area contributed by atoms with Crippen molar-refractivity contribution in [3.63, 3.8) is 0 Å². The van der Waals surface area contributed by atoms with Crippen molar-refractivity contribution in [1.29, 1.82) is 0 Å². The third kappa shape index (κ3) is 4.48. The van der Waals surface area contributed by atoms with Crippen molar-refractivity contribution in [2.45, 2.75) is 39.0 Å². The molecule has 0 fully saturated rings. The molecule has 0 saturated heterocycles. The zero-order valence-corrected chi connectivity index (χ0v) is 12.2. The number of benzene rings is 2. The van der Waals surface area contributed by atoms with Gasteiger partial charge in [-0.2, -0.15) is 0 Å². The van der Waals surface area contributed by atoms with Gasteiger partial charge in [0.2, 0.25) is 0 Å². The highest BCUT2D eigenvalue weighted by Gasteiger charge is 2.05. The number of rotatable bonds is 6. The Kier molecular flexibility index (Phi) is 5.33. The van der Waals surface area contributed by atoms with Crippen LogP contribution in [0, 0.1) is 0 Å². The monoisotopic (exact) mass is 269 g/mol. The predicted molar refractivity (Wildman–Crippen MR) is 84.5 cm³/mol. The van der Waals surface area contributed by atoms with Gasteiger partial charge in [0.15, 0.2) is 0 Å². The maximum absolute atomic E-state index is 9.34. The van der Waals surface area contributed by atoms with Gasteiger partial charge in [-0.3, -0.25) is 0 Å². The van der Waals surface area contributed by atoms with Crippen LogP contribution in [-0.2, 0) is 6.54 Å². The molecule has 2 nitrogen and oxygen atoms in total. The lowest BCUT2D eigenvalue weighted by atomic mass is 10.0. The quantitative estimate of drug-likeness (QED) is 0.839. The zero-order valence-electron chi connectivity index (χ0n) is 12.2. The molecule has 0 saturated carbocycles. The smallest absolute Gasteiger partial charge is 0.0526 e. The molecule has 2 N–H and O–H groups in total. The molecule has 0 aliphatic carbocycles. The minimum atomic E-state index is -0.252. The summed E-state index contributed by atoms with van der Waals surface area (Å²) in [6.45, 7) is 4.76. The van der Waals surface area contributed by atoms with Crippen LogP contribution in [0.4, 0.5) is 0 Å². The van der Waals surface area contributed by atoms with E-state index < -0.39 is 0 Å². The summed E-state index contributed by atoms with van der Waals surface area (Å²) in [5.74, 6) is 0. The van der Waals surface area contributed by atoms with Crippen molar-refractivity contribution in [2.75, 3.05) is 0 Å². The molecule has 2 rings (SSSR count). The van der Waals surface area contributed by atoms with E-state index in [-0.39, 0.29) is 6.10 Å². The SMILES string of the molecule is CC(O)CC(C)NCc1ccc(-c2ccccc2)cc1. The van der Waals surface area contributed by atoms with Gasteiger partial charge in [-0.1, -0.05) is 54.6 Å². The molecule has 0 radical (unpaired) electrons. The maximum atomic E-state index is 9.34. The molecule has 0 aliphatic heterocycles. The van der Waals surface area contributed by atoms with E-state index in [2.05, 4.69) is 60.8 Å². The maximum Gasteiger partial charge on any atom is 0.0526 e. The number of nitrogens with one attached hydrogen (secondary N) is 1. The van der Waals surface area contributed by atoms with E-state index in [4.69, 9.17) is 0 Å². The molecule has 2 heteroatoms. The van der Waals surface area contributed by atoms with Gasteiger partial charge in [0.05, 0.1) is 6.10 Å². The Morgan fingerprint density at radius 3 is 2.10 bits per heavy atom. The van der Waals surface area contributed by atoms with Crippen LogP contribution in [0.5, 0.6) is 0 Å². The number of aliphatic hydroxyl groups is 1. The normalized spacial score (nSPS) is 13.9. The van der Waals surface area contributed by atoms with E-state index in [0.717, 1.165) is 13.0 Å². The van der Waals surface area contributed by atoms with Crippen LogP contribution < -0.4 is 5.32 Å². The first kappa shape index (κ1) is 14.8. The van der Waals surface area contributed by atoms with E-state index in [1.165, 1.54) is 16.7 Å². The van der Waals surface area contributed by atoms with Gasteiger partial charge in [-0.25, -0.2) is 0 Å². The van der Waals surface area contributed by atoms with Crippen molar-refractivity contribution < 1.29 is 5.11 Å². The Morgan fingerprint density at radius 2 is 1.50 bits per heavy atom. The lowest BCUT2D eigenvalue weighted by molar-refractivity contribution is 0.170. The topological polar surface area (TPSA) is 32.3 Å². The Hall–Kier alpha value is -1.64. The van der Waals surface area contributed by atoms with Gasteiger partial charge < -0.3 is 10.4 Å². The van der Waals surface area contributed by atoms with Crippen molar-refractivity contribution in [1.82, 2.24) is 5.32 Å². The average molecular weight is 269 g/mol. The molecule has 0 aliphatic rings. The molecule has 0 aromatic heterocycles. The molecular formula is C18H23NO. The molecule has 2 atom stereocenters. The second kappa shape index (κ2) is 7.22. The van der Waals surface area contributed by atoms with Gasteiger partial charge in [-0.15, -0.1) is 0 Å². The van der Waals surface area contributed by atoms with Crippen molar-refractivity contribution >= 4 is 0 Å². The van der Waals surface area contributed by atoms with Crippen molar-refractivity contribution in [3.8, 4) is 11.1 Å². The van der Waals surface area contributed by atoms with Gasteiger partial charge >= 0.3 is 0 Å². The molecule has 0 heterocycles. The van der Waals surface area contributed by atoms with Crippen LogP contribution in [0.1, 0.15) is 25.8 Å². The van der Waals surface area contributed by atoms with E-state index >= 15 is 0 Å². The first-order valence-electron chi connectivity index (χ1n) is 7.21. The fraction of sp³-hybridized carbons (Fsp3) is 0.333. The van der Waals surface area contributed by atoms with Gasteiger partial charge in [0, 0.05) is 12.6 Å². The Labute approximate surface area is 121 Å². The Bertz CT molecular complexity index is 505. The first-order valence-corrected chi connectivity index (χ1v) is 7.21. The summed E-state index contributed by atoms with van der Waals surface area (Å²) in [6.07, 6.45) is 0.528. The number of aliphatic hydroxyl groups excluding tert-OH is 1.